The molecule has 1 atom stereocenters. The average Bonchev–Trinajstić information content (AvgIpc) is 2.84. The molecule has 0 aliphatic rings. The molecule has 0 fully saturated rings. The number of anilines is 1. The van der Waals surface area contributed by atoms with E-state index in [-0.39, 0.29) is 34.2 Å². The van der Waals surface area contributed by atoms with Crippen molar-refractivity contribution in [3.05, 3.63) is 77.3 Å². The Morgan fingerprint density at radius 3 is 2.31 bits per heavy atom. The first kappa shape index (κ1) is 26.7. The van der Waals surface area contributed by atoms with Crippen molar-refractivity contribution in [2.75, 3.05) is 24.2 Å². The molecule has 1 unspecified atom stereocenters. The van der Waals surface area contributed by atoms with Crippen molar-refractivity contribution in [1.29, 1.82) is 0 Å². The van der Waals surface area contributed by atoms with Crippen molar-refractivity contribution in [1.82, 2.24) is 5.32 Å². The minimum absolute atomic E-state index is 0.0319. The Kier molecular flexibility index (Phi) is 9.31. The molecule has 35 heavy (non-hydrogen) atoms. The first-order valence-electron chi connectivity index (χ1n) is 10.8. The predicted octanol–water partition coefficient (Wildman–Crippen LogP) is 5.52. The van der Waals surface area contributed by atoms with Gasteiger partial charge in [-0.25, -0.2) is 8.42 Å². The summed E-state index contributed by atoms with van der Waals surface area (Å²) in [5, 5.41) is 2.95. The van der Waals surface area contributed by atoms with Gasteiger partial charge in [0.05, 0.1) is 22.6 Å². The lowest BCUT2D eigenvalue weighted by molar-refractivity contribution is -0.123. The van der Waals surface area contributed by atoms with Crippen molar-refractivity contribution >= 4 is 45.0 Å². The second kappa shape index (κ2) is 12.2. The molecule has 3 aromatic carbocycles. The van der Waals surface area contributed by atoms with Crippen molar-refractivity contribution < 1.29 is 22.7 Å². The standard InChI is InChI=1S/C25H27ClN2O5S2/c1-4-32-20-9-7-19(8-10-20)28-35(30,31)22-13-14-24(23(26)15-22)33-16-25(29)27-17(2)18-5-11-21(34-3)12-6-18/h5-15,17,28H,4,16H2,1-3H3,(H,27,29). The summed E-state index contributed by atoms with van der Waals surface area (Å²) < 4.78 is 38.8. The Morgan fingerprint density at radius 2 is 1.71 bits per heavy atom. The number of carbonyl (C=O) groups excluding carboxylic acids is 1. The van der Waals surface area contributed by atoms with E-state index in [0.29, 0.717) is 18.0 Å². The molecule has 0 heterocycles. The van der Waals surface area contributed by atoms with Gasteiger partial charge in [0.15, 0.2) is 6.61 Å². The van der Waals surface area contributed by atoms with E-state index >= 15 is 0 Å². The van der Waals surface area contributed by atoms with Crippen molar-refractivity contribution in [2.45, 2.75) is 29.7 Å². The number of ether oxygens (including phenoxy) is 2. The zero-order valence-corrected chi connectivity index (χ0v) is 22.0. The van der Waals surface area contributed by atoms with Crippen LogP contribution in [0.15, 0.2) is 76.5 Å². The van der Waals surface area contributed by atoms with Crippen LogP contribution in [-0.2, 0) is 14.8 Å². The molecule has 0 aliphatic carbocycles. The van der Waals surface area contributed by atoms with Gasteiger partial charge < -0.3 is 14.8 Å². The molecule has 1 amide bonds. The molecular formula is C25H27ClN2O5S2. The maximum Gasteiger partial charge on any atom is 0.261 e. The SMILES string of the molecule is CCOc1ccc(NS(=O)(=O)c2ccc(OCC(=O)NC(C)c3ccc(SC)cc3)c(Cl)c2)cc1. The molecule has 0 saturated carbocycles. The Hall–Kier alpha value is -2.88. The molecule has 186 valence electrons. The van der Waals surface area contributed by atoms with Gasteiger partial charge in [0.25, 0.3) is 15.9 Å². The minimum atomic E-state index is -3.87. The zero-order valence-electron chi connectivity index (χ0n) is 19.6. The van der Waals surface area contributed by atoms with E-state index in [2.05, 4.69) is 10.0 Å². The third-order valence-corrected chi connectivity index (χ3v) is 7.40. The van der Waals surface area contributed by atoms with Gasteiger partial charge in [-0.15, -0.1) is 11.8 Å². The first-order valence-corrected chi connectivity index (χ1v) is 13.9. The molecule has 10 heteroatoms. The van der Waals surface area contributed by atoms with Gasteiger partial charge in [-0.3, -0.25) is 9.52 Å². The molecule has 0 aliphatic heterocycles. The van der Waals surface area contributed by atoms with Gasteiger partial charge in [-0.1, -0.05) is 23.7 Å². The second-order valence-electron chi connectivity index (χ2n) is 7.51. The molecule has 0 saturated heterocycles. The molecule has 0 radical (unpaired) electrons. The largest absolute Gasteiger partial charge is 0.494 e. The van der Waals surface area contributed by atoms with E-state index in [1.165, 1.54) is 18.2 Å². The minimum Gasteiger partial charge on any atom is -0.494 e. The van der Waals surface area contributed by atoms with Crippen LogP contribution < -0.4 is 19.5 Å². The number of hydrogen-bond acceptors (Lipinski definition) is 6. The molecular weight excluding hydrogens is 508 g/mol. The van der Waals surface area contributed by atoms with Gasteiger partial charge in [0, 0.05) is 10.6 Å². The van der Waals surface area contributed by atoms with Gasteiger partial charge in [-0.05, 0) is 80.3 Å². The van der Waals surface area contributed by atoms with E-state index in [1.807, 2.05) is 44.4 Å². The van der Waals surface area contributed by atoms with Crippen LogP contribution in [0, 0.1) is 0 Å². The number of nitrogens with one attached hydrogen (secondary N) is 2. The highest BCUT2D eigenvalue weighted by atomic mass is 35.5. The Morgan fingerprint density at radius 1 is 1.03 bits per heavy atom. The van der Waals surface area contributed by atoms with Crippen LogP contribution in [0.25, 0.3) is 0 Å². The summed E-state index contributed by atoms with van der Waals surface area (Å²) in [4.78, 5) is 13.4. The number of benzene rings is 3. The number of hydrogen-bond donors (Lipinski definition) is 2. The van der Waals surface area contributed by atoms with Gasteiger partial charge in [-0.2, -0.15) is 0 Å². The lowest BCUT2D eigenvalue weighted by Crippen LogP contribution is -2.31. The van der Waals surface area contributed by atoms with E-state index < -0.39 is 10.0 Å². The third-order valence-electron chi connectivity index (χ3n) is 4.98. The van der Waals surface area contributed by atoms with Gasteiger partial charge >= 0.3 is 0 Å². The number of rotatable bonds is 11. The number of amides is 1. The van der Waals surface area contributed by atoms with Crippen LogP contribution in [0.3, 0.4) is 0 Å². The Labute approximate surface area is 215 Å². The van der Waals surface area contributed by atoms with Crippen molar-refractivity contribution in [3.63, 3.8) is 0 Å². The zero-order chi connectivity index (χ0) is 25.4. The molecule has 3 rings (SSSR count). The summed E-state index contributed by atoms with van der Waals surface area (Å²) in [6, 6.07) is 18.4. The summed E-state index contributed by atoms with van der Waals surface area (Å²) in [5.41, 5.74) is 1.36. The molecule has 0 spiro atoms. The summed E-state index contributed by atoms with van der Waals surface area (Å²) in [7, 11) is -3.87. The van der Waals surface area contributed by atoms with Gasteiger partial charge in [0.2, 0.25) is 0 Å². The van der Waals surface area contributed by atoms with Crippen LogP contribution in [0.1, 0.15) is 25.5 Å². The Bertz CT molecular complexity index is 1250. The van der Waals surface area contributed by atoms with Crippen LogP contribution in [-0.4, -0.2) is 33.8 Å². The first-order chi connectivity index (χ1) is 16.7. The quantitative estimate of drug-likeness (QED) is 0.315. The second-order valence-corrected chi connectivity index (χ2v) is 10.5. The normalized spacial score (nSPS) is 12.0. The van der Waals surface area contributed by atoms with Gasteiger partial charge in [0.1, 0.15) is 11.5 Å². The number of halogens is 1. The summed E-state index contributed by atoms with van der Waals surface area (Å²) >= 11 is 7.89. The molecule has 0 aromatic heterocycles. The monoisotopic (exact) mass is 534 g/mol. The fraction of sp³-hybridized carbons (Fsp3) is 0.240. The number of thioether (sulfide) groups is 1. The van der Waals surface area contributed by atoms with E-state index in [0.717, 1.165) is 10.5 Å². The third kappa shape index (κ3) is 7.55. The maximum atomic E-state index is 12.7. The lowest BCUT2D eigenvalue weighted by atomic mass is 10.1. The molecule has 3 aromatic rings. The molecule has 7 nitrogen and oxygen atoms in total. The topological polar surface area (TPSA) is 93.7 Å². The number of carbonyl (C=O) groups is 1. The highest BCUT2D eigenvalue weighted by Crippen LogP contribution is 2.29. The smallest absolute Gasteiger partial charge is 0.261 e. The fourth-order valence-electron chi connectivity index (χ4n) is 3.17. The van der Waals surface area contributed by atoms with Crippen molar-refractivity contribution in [3.8, 4) is 11.5 Å². The fourth-order valence-corrected chi connectivity index (χ4v) is 4.96. The highest BCUT2D eigenvalue weighted by molar-refractivity contribution is 7.98. The van der Waals surface area contributed by atoms with E-state index in [9.17, 15) is 13.2 Å². The summed E-state index contributed by atoms with van der Waals surface area (Å²) in [6.45, 7) is 4.01. The summed E-state index contributed by atoms with van der Waals surface area (Å²) in [6.07, 6.45) is 2.00. The number of sulfonamides is 1. The van der Waals surface area contributed by atoms with Crippen LogP contribution in [0.2, 0.25) is 5.02 Å². The predicted molar refractivity (Wildman–Crippen MR) is 140 cm³/mol. The highest BCUT2D eigenvalue weighted by Gasteiger charge is 2.17. The van der Waals surface area contributed by atoms with E-state index in [4.69, 9.17) is 21.1 Å². The van der Waals surface area contributed by atoms with Crippen molar-refractivity contribution in [2.24, 2.45) is 0 Å². The average molecular weight is 535 g/mol. The van der Waals surface area contributed by atoms with Crippen LogP contribution in [0.5, 0.6) is 11.5 Å². The maximum absolute atomic E-state index is 12.7. The van der Waals surface area contributed by atoms with E-state index in [1.54, 1.807) is 36.0 Å². The lowest BCUT2D eigenvalue weighted by Gasteiger charge is -2.16. The molecule has 2 N–H and O–H groups in total. The summed E-state index contributed by atoms with van der Waals surface area (Å²) in [5.74, 6) is 0.530. The molecule has 0 bridgehead atoms. The van der Waals surface area contributed by atoms with Crippen LogP contribution in [0.4, 0.5) is 5.69 Å². The van der Waals surface area contributed by atoms with Crippen LogP contribution >= 0.6 is 23.4 Å². The Balaban J connectivity index is 1.58.